The van der Waals surface area contributed by atoms with E-state index in [0.29, 0.717) is 12.2 Å². The Labute approximate surface area is 118 Å². The zero-order valence-corrected chi connectivity index (χ0v) is 12.4. The molecule has 2 rings (SSSR count). The lowest BCUT2D eigenvalue weighted by molar-refractivity contribution is 0.0221. The molecule has 0 aliphatic carbocycles. The third-order valence-corrected chi connectivity index (χ3v) is 3.24. The molecule has 6 nitrogen and oxygen atoms in total. The maximum absolute atomic E-state index is 12.2. The number of nitrogens with zero attached hydrogens (tertiary/aromatic N) is 4. The number of hydrogen-bond acceptors (Lipinski definition) is 4. The largest absolute Gasteiger partial charge is 0.444 e. The molecule has 1 aliphatic heterocycles. The van der Waals surface area contributed by atoms with Crippen LogP contribution in [0.1, 0.15) is 51.0 Å². The monoisotopic (exact) mass is 276 g/mol. The molecule has 1 saturated heterocycles. The predicted molar refractivity (Wildman–Crippen MR) is 72.8 cm³/mol. The van der Waals surface area contributed by atoms with Crippen LogP contribution in [-0.2, 0) is 11.8 Å². The van der Waals surface area contributed by atoms with Gasteiger partial charge in [0.05, 0.1) is 11.7 Å². The fourth-order valence-corrected chi connectivity index (χ4v) is 2.37. The zero-order valence-electron chi connectivity index (χ0n) is 12.4. The normalized spacial score (nSPS) is 18.9. The van der Waals surface area contributed by atoms with Gasteiger partial charge in [-0.15, -0.1) is 0 Å². The summed E-state index contributed by atoms with van der Waals surface area (Å²) in [6, 6.07) is 3.73. The van der Waals surface area contributed by atoms with Crippen LogP contribution in [0.25, 0.3) is 0 Å². The number of ether oxygens (including phenoxy) is 1. The van der Waals surface area contributed by atoms with E-state index in [9.17, 15) is 4.79 Å². The van der Waals surface area contributed by atoms with Gasteiger partial charge in [0.25, 0.3) is 0 Å². The van der Waals surface area contributed by atoms with Crippen molar-refractivity contribution in [2.75, 3.05) is 6.54 Å². The number of aromatic nitrogens is 2. The lowest BCUT2D eigenvalue weighted by Crippen LogP contribution is -2.36. The summed E-state index contributed by atoms with van der Waals surface area (Å²) in [6.07, 6.45) is 1.45. The molecule has 0 bridgehead atoms. The van der Waals surface area contributed by atoms with Gasteiger partial charge >= 0.3 is 6.09 Å². The molecule has 20 heavy (non-hydrogen) atoms. The van der Waals surface area contributed by atoms with Crippen LogP contribution in [0.15, 0.2) is 6.07 Å². The van der Waals surface area contributed by atoms with Crippen molar-refractivity contribution in [2.45, 2.75) is 45.3 Å². The second-order valence-corrected chi connectivity index (χ2v) is 6.02. The van der Waals surface area contributed by atoms with Gasteiger partial charge in [-0.05, 0) is 39.7 Å². The van der Waals surface area contributed by atoms with Crippen molar-refractivity contribution >= 4 is 6.09 Å². The van der Waals surface area contributed by atoms with Gasteiger partial charge in [0.15, 0.2) is 0 Å². The average Bonchev–Trinajstić information content (AvgIpc) is 2.92. The first-order valence-electron chi connectivity index (χ1n) is 6.75. The number of amides is 1. The molecule has 1 aromatic heterocycles. The Morgan fingerprint density at radius 3 is 2.80 bits per heavy atom. The number of hydrogen-bond donors (Lipinski definition) is 0. The molecule has 0 spiro atoms. The molecule has 0 unspecified atom stereocenters. The highest BCUT2D eigenvalue weighted by molar-refractivity contribution is 5.69. The van der Waals surface area contributed by atoms with Gasteiger partial charge in [-0.1, -0.05) is 0 Å². The smallest absolute Gasteiger partial charge is 0.410 e. The molecule has 1 fully saturated rings. The molecule has 1 atom stereocenters. The second-order valence-electron chi connectivity index (χ2n) is 6.02. The first kappa shape index (κ1) is 14.4. The number of nitriles is 1. The van der Waals surface area contributed by atoms with Crippen LogP contribution >= 0.6 is 0 Å². The predicted octanol–water partition coefficient (Wildman–Crippen LogP) is 2.36. The van der Waals surface area contributed by atoms with E-state index >= 15 is 0 Å². The third-order valence-electron chi connectivity index (χ3n) is 3.24. The van der Waals surface area contributed by atoms with Crippen molar-refractivity contribution < 1.29 is 9.53 Å². The first-order valence-corrected chi connectivity index (χ1v) is 6.75. The SMILES string of the molecule is Cn1nc([C@H]2CCCN2C(=O)OC(C)(C)C)cc1C#N. The standard InChI is InChI=1S/C14H20N4O2/c1-14(2,3)20-13(19)18-7-5-6-12(18)11-8-10(9-15)17(4)16-11/h8,12H,5-7H2,1-4H3/t12-/m1/s1. The third kappa shape index (κ3) is 2.93. The van der Waals surface area contributed by atoms with Crippen LogP contribution in [0, 0.1) is 11.3 Å². The molecule has 1 amide bonds. The van der Waals surface area contributed by atoms with E-state index in [1.165, 1.54) is 0 Å². The summed E-state index contributed by atoms with van der Waals surface area (Å²) in [6.45, 7) is 6.22. The quantitative estimate of drug-likeness (QED) is 0.789. The van der Waals surface area contributed by atoms with Crippen LogP contribution in [0.2, 0.25) is 0 Å². The first-order chi connectivity index (χ1) is 9.31. The van der Waals surface area contributed by atoms with E-state index in [1.54, 1.807) is 22.7 Å². The van der Waals surface area contributed by atoms with Crippen molar-refractivity contribution in [1.29, 1.82) is 5.26 Å². The van der Waals surface area contributed by atoms with Crippen molar-refractivity contribution in [2.24, 2.45) is 7.05 Å². The fourth-order valence-electron chi connectivity index (χ4n) is 2.37. The van der Waals surface area contributed by atoms with Gasteiger partial charge in [-0.25, -0.2) is 4.79 Å². The maximum atomic E-state index is 12.2. The Kier molecular flexibility index (Phi) is 3.71. The summed E-state index contributed by atoms with van der Waals surface area (Å²) in [5.41, 5.74) is 0.745. The molecule has 1 aromatic rings. The molecule has 0 aromatic carbocycles. The van der Waals surface area contributed by atoms with Crippen molar-refractivity contribution in [1.82, 2.24) is 14.7 Å². The van der Waals surface area contributed by atoms with E-state index in [1.807, 2.05) is 20.8 Å². The van der Waals surface area contributed by atoms with Crippen LogP contribution in [0.3, 0.4) is 0 Å². The summed E-state index contributed by atoms with van der Waals surface area (Å²) in [5.74, 6) is 0. The Morgan fingerprint density at radius 1 is 1.55 bits per heavy atom. The minimum Gasteiger partial charge on any atom is -0.444 e. The van der Waals surface area contributed by atoms with Crippen molar-refractivity contribution in [3.05, 3.63) is 17.5 Å². The molecular formula is C14H20N4O2. The topological polar surface area (TPSA) is 71.2 Å². The van der Waals surface area contributed by atoms with E-state index in [2.05, 4.69) is 11.2 Å². The minimum absolute atomic E-state index is 0.0989. The molecule has 2 heterocycles. The van der Waals surface area contributed by atoms with Gasteiger partial charge < -0.3 is 4.74 Å². The molecule has 0 N–H and O–H groups in total. The summed E-state index contributed by atoms with van der Waals surface area (Å²) in [4.78, 5) is 13.9. The van der Waals surface area contributed by atoms with E-state index in [4.69, 9.17) is 10.00 Å². The fraction of sp³-hybridized carbons (Fsp3) is 0.643. The van der Waals surface area contributed by atoms with Crippen LogP contribution < -0.4 is 0 Å². The van der Waals surface area contributed by atoms with Crippen LogP contribution in [0.5, 0.6) is 0 Å². The highest BCUT2D eigenvalue weighted by Crippen LogP contribution is 2.32. The Balaban J connectivity index is 2.19. The maximum Gasteiger partial charge on any atom is 0.410 e. The van der Waals surface area contributed by atoms with Crippen molar-refractivity contribution in [3.63, 3.8) is 0 Å². The number of aryl methyl sites for hydroxylation is 1. The van der Waals surface area contributed by atoms with Gasteiger partial charge in [0.2, 0.25) is 0 Å². The minimum atomic E-state index is -0.508. The second kappa shape index (κ2) is 5.16. The van der Waals surface area contributed by atoms with Crippen molar-refractivity contribution in [3.8, 4) is 6.07 Å². The van der Waals surface area contributed by atoms with Gasteiger partial charge in [-0.2, -0.15) is 10.4 Å². The summed E-state index contributed by atoms with van der Waals surface area (Å²) in [7, 11) is 1.73. The Bertz CT molecular complexity index is 551. The molecule has 6 heteroatoms. The molecule has 0 radical (unpaired) electrons. The van der Waals surface area contributed by atoms with Gasteiger partial charge in [0, 0.05) is 13.6 Å². The van der Waals surface area contributed by atoms with Gasteiger partial charge in [0.1, 0.15) is 17.4 Å². The number of carbonyl (C=O) groups excluding carboxylic acids is 1. The molecule has 108 valence electrons. The van der Waals surface area contributed by atoms with E-state index < -0.39 is 5.60 Å². The number of carbonyl (C=O) groups is 1. The highest BCUT2D eigenvalue weighted by Gasteiger charge is 2.34. The summed E-state index contributed by atoms with van der Waals surface area (Å²) >= 11 is 0. The molecule has 1 aliphatic rings. The highest BCUT2D eigenvalue weighted by atomic mass is 16.6. The summed E-state index contributed by atoms with van der Waals surface area (Å²) in [5, 5.41) is 13.3. The Hall–Kier alpha value is -2.03. The zero-order chi connectivity index (χ0) is 14.9. The Morgan fingerprint density at radius 2 is 2.25 bits per heavy atom. The van der Waals surface area contributed by atoms with Crippen LogP contribution in [-0.4, -0.2) is 32.9 Å². The molecule has 0 saturated carbocycles. The molecular weight excluding hydrogens is 256 g/mol. The average molecular weight is 276 g/mol. The number of rotatable bonds is 1. The lowest BCUT2D eigenvalue weighted by Gasteiger charge is -2.27. The van der Waals surface area contributed by atoms with E-state index in [-0.39, 0.29) is 12.1 Å². The van der Waals surface area contributed by atoms with Crippen LogP contribution in [0.4, 0.5) is 4.79 Å². The van der Waals surface area contributed by atoms with Gasteiger partial charge in [-0.3, -0.25) is 9.58 Å². The number of likely N-dealkylation sites (tertiary alicyclic amines) is 1. The lowest BCUT2D eigenvalue weighted by atomic mass is 10.1. The van der Waals surface area contributed by atoms with E-state index in [0.717, 1.165) is 18.5 Å². The summed E-state index contributed by atoms with van der Waals surface area (Å²) < 4.78 is 6.97.